The van der Waals surface area contributed by atoms with Crippen LogP contribution in [-0.2, 0) is 4.79 Å². The van der Waals surface area contributed by atoms with Crippen LogP contribution in [0.25, 0.3) is 0 Å². The first-order valence-corrected chi connectivity index (χ1v) is 7.95. The molecular formula is C19H24N2O2. The summed E-state index contributed by atoms with van der Waals surface area (Å²) >= 11 is 0. The van der Waals surface area contributed by atoms with Crippen LogP contribution in [0.2, 0.25) is 0 Å². The van der Waals surface area contributed by atoms with Crippen LogP contribution in [0, 0.1) is 5.92 Å². The highest BCUT2D eigenvalue weighted by molar-refractivity contribution is 5.93. The minimum absolute atomic E-state index is 0.0755. The lowest BCUT2D eigenvalue weighted by molar-refractivity contribution is -0.114. The second-order valence-electron chi connectivity index (χ2n) is 5.82. The zero-order chi connectivity index (χ0) is 16.5. The van der Waals surface area contributed by atoms with Crippen LogP contribution in [0.3, 0.4) is 0 Å². The second-order valence-corrected chi connectivity index (χ2v) is 5.82. The molecule has 0 saturated heterocycles. The van der Waals surface area contributed by atoms with Gasteiger partial charge in [0.1, 0.15) is 5.75 Å². The number of anilines is 2. The van der Waals surface area contributed by atoms with E-state index in [1.165, 1.54) is 0 Å². The molecule has 4 nitrogen and oxygen atoms in total. The van der Waals surface area contributed by atoms with Crippen molar-refractivity contribution in [1.82, 2.24) is 0 Å². The Bertz CT molecular complexity index is 595. The third-order valence-corrected chi connectivity index (χ3v) is 3.33. The van der Waals surface area contributed by atoms with Crippen molar-refractivity contribution >= 4 is 17.3 Å². The van der Waals surface area contributed by atoms with Crippen LogP contribution in [0.5, 0.6) is 5.75 Å². The maximum atomic E-state index is 11.9. The van der Waals surface area contributed by atoms with E-state index in [4.69, 9.17) is 4.74 Å². The van der Waals surface area contributed by atoms with Gasteiger partial charge < -0.3 is 15.4 Å². The molecule has 2 N–H and O–H groups in total. The molecule has 0 aliphatic heterocycles. The molecule has 2 aromatic rings. The van der Waals surface area contributed by atoms with Crippen LogP contribution in [0.4, 0.5) is 11.4 Å². The predicted octanol–water partition coefficient (Wildman–Crippen LogP) is 4.16. The van der Waals surface area contributed by atoms with E-state index in [1.807, 2.05) is 54.6 Å². The summed E-state index contributed by atoms with van der Waals surface area (Å²) in [7, 11) is 0. The van der Waals surface area contributed by atoms with Crippen LogP contribution in [0.15, 0.2) is 54.6 Å². The molecule has 23 heavy (non-hydrogen) atoms. The number of carbonyl (C=O) groups excluding carboxylic acids is 1. The fourth-order valence-corrected chi connectivity index (χ4v) is 1.99. The lowest BCUT2D eigenvalue weighted by Gasteiger charge is -2.10. The molecule has 4 heteroatoms. The first-order valence-electron chi connectivity index (χ1n) is 7.95. The molecule has 0 heterocycles. The average Bonchev–Trinajstić information content (AvgIpc) is 2.55. The van der Waals surface area contributed by atoms with Gasteiger partial charge in [-0.1, -0.05) is 32.0 Å². The SMILES string of the molecule is CC(C)CCOc1ccc(NCC(=O)Nc2ccccc2)cc1. The summed E-state index contributed by atoms with van der Waals surface area (Å²) in [5, 5.41) is 5.93. The third-order valence-electron chi connectivity index (χ3n) is 3.33. The smallest absolute Gasteiger partial charge is 0.243 e. The van der Waals surface area contributed by atoms with Gasteiger partial charge in [-0.25, -0.2) is 0 Å². The normalized spacial score (nSPS) is 10.4. The number of nitrogens with one attached hydrogen (secondary N) is 2. The number of benzene rings is 2. The molecule has 2 aromatic carbocycles. The lowest BCUT2D eigenvalue weighted by atomic mass is 10.1. The quantitative estimate of drug-likeness (QED) is 0.769. The van der Waals surface area contributed by atoms with E-state index >= 15 is 0 Å². The fourth-order valence-electron chi connectivity index (χ4n) is 1.99. The molecule has 0 saturated carbocycles. The zero-order valence-electron chi connectivity index (χ0n) is 13.7. The molecule has 2 rings (SSSR count). The van der Waals surface area contributed by atoms with Gasteiger partial charge in [0, 0.05) is 11.4 Å². The molecule has 0 unspecified atom stereocenters. The van der Waals surface area contributed by atoms with Crippen LogP contribution in [0.1, 0.15) is 20.3 Å². The summed E-state index contributed by atoms with van der Waals surface area (Å²) in [6.45, 7) is 5.31. The van der Waals surface area contributed by atoms with Crippen molar-refractivity contribution in [3.05, 3.63) is 54.6 Å². The Kier molecular flexibility index (Phi) is 6.48. The molecule has 0 bridgehead atoms. The highest BCUT2D eigenvalue weighted by Crippen LogP contribution is 2.16. The minimum Gasteiger partial charge on any atom is -0.494 e. The number of amides is 1. The Morgan fingerprint density at radius 1 is 1.00 bits per heavy atom. The number of ether oxygens (including phenoxy) is 1. The van der Waals surface area contributed by atoms with Gasteiger partial charge >= 0.3 is 0 Å². The number of carbonyl (C=O) groups is 1. The molecule has 0 aliphatic carbocycles. The van der Waals surface area contributed by atoms with Gasteiger partial charge in [0.15, 0.2) is 0 Å². The summed E-state index contributed by atoms with van der Waals surface area (Å²) in [6.07, 6.45) is 1.04. The largest absolute Gasteiger partial charge is 0.494 e. The van der Waals surface area contributed by atoms with Gasteiger partial charge in [0.25, 0.3) is 0 Å². The van der Waals surface area contributed by atoms with Crippen molar-refractivity contribution in [2.75, 3.05) is 23.8 Å². The van der Waals surface area contributed by atoms with Crippen LogP contribution < -0.4 is 15.4 Å². The van der Waals surface area contributed by atoms with E-state index in [1.54, 1.807) is 0 Å². The Hall–Kier alpha value is -2.49. The molecule has 122 valence electrons. The van der Waals surface area contributed by atoms with Crippen molar-refractivity contribution in [2.24, 2.45) is 5.92 Å². The third kappa shape index (κ3) is 6.43. The van der Waals surface area contributed by atoms with E-state index in [9.17, 15) is 4.79 Å². The van der Waals surface area contributed by atoms with Crippen molar-refractivity contribution in [1.29, 1.82) is 0 Å². The monoisotopic (exact) mass is 312 g/mol. The molecule has 0 fully saturated rings. The Balaban J connectivity index is 1.74. The molecule has 0 aliphatic rings. The van der Waals surface area contributed by atoms with Crippen molar-refractivity contribution in [3.8, 4) is 5.75 Å². The molecule has 0 radical (unpaired) electrons. The standard InChI is InChI=1S/C19H24N2O2/c1-15(2)12-13-23-18-10-8-16(9-11-18)20-14-19(22)21-17-6-4-3-5-7-17/h3-11,15,20H,12-14H2,1-2H3,(H,21,22). The first-order chi connectivity index (χ1) is 11.1. The predicted molar refractivity (Wildman–Crippen MR) is 95.0 cm³/mol. The van der Waals surface area contributed by atoms with Gasteiger partial charge in [-0.3, -0.25) is 4.79 Å². The number of hydrogen-bond donors (Lipinski definition) is 2. The van der Waals surface area contributed by atoms with Crippen LogP contribution in [-0.4, -0.2) is 19.1 Å². The van der Waals surface area contributed by atoms with E-state index in [-0.39, 0.29) is 12.5 Å². The van der Waals surface area contributed by atoms with Crippen molar-refractivity contribution < 1.29 is 9.53 Å². The molecule has 1 amide bonds. The van der Waals surface area contributed by atoms with Gasteiger partial charge in [-0.05, 0) is 48.7 Å². The zero-order valence-corrected chi connectivity index (χ0v) is 13.7. The van der Waals surface area contributed by atoms with Gasteiger partial charge in [-0.15, -0.1) is 0 Å². The molecule has 0 spiro atoms. The summed E-state index contributed by atoms with van der Waals surface area (Å²) in [4.78, 5) is 11.9. The summed E-state index contributed by atoms with van der Waals surface area (Å²) in [6, 6.07) is 17.1. The number of para-hydroxylation sites is 1. The van der Waals surface area contributed by atoms with E-state index in [0.717, 1.165) is 30.2 Å². The van der Waals surface area contributed by atoms with E-state index < -0.39 is 0 Å². The Labute approximate surface area is 137 Å². The highest BCUT2D eigenvalue weighted by Gasteiger charge is 2.02. The lowest BCUT2D eigenvalue weighted by Crippen LogP contribution is -2.21. The number of hydrogen-bond acceptors (Lipinski definition) is 3. The average molecular weight is 312 g/mol. The van der Waals surface area contributed by atoms with Gasteiger partial charge in [-0.2, -0.15) is 0 Å². The Morgan fingerprint density at radius 2 is 1.70 bits per heavy atom. The minimum atomic E-state index is -0.0755. The van der Waals surface area contributed by atoms with Crippen molar-refractivity contribution in [2.45, 2.75) is 20.3 Å². The fraction of sp³-hybridized carbons (Fsp3) is 0.316. The maximum Gasteiger partial charge on any atom is 0.243 e. The van der Waals surface area contributed by atoms with Gasteiger partial charge in [0.05, 0.1) is 13.2 Å². The Morgan fingerprint density at radius 3 is 2.35 bits per heavy atom. The molecule has 0 aromatic heterocycles. The molecular weight excluding hydrogens is 288 g/mol. The highest BCUT2D eigenvalue weighted by atomic mass is 16.5. The maximum absolute atomic E-state index is 11.9. The summed E-state index contributed by atoms with van der Waals surface area (Å²) in [5.41, 5.74) is 1.69. The molecule has 0 atom stereocenters. The van der Waals surface area contributed by atoms with Crippen molar-refractivity contribution in [3.63, 3.8) is 0 Å². The van der Waals surface area contributed by atoms with E-state index in [0.29, 0.717) is 5.92 Å². The summed E-state index contributed by atoms with van der Waals surface area (Å²) < 4.78 is 5.67. The topological polar surface area (TPSA) is 50.4 Å². The summed E-state index contributed by atoms with van der Waals surface area (Å²) in [5.74, 6) is 1.41. The second kappa shape index (κ2) is 8.83. The number of rotatable bonds is 8. The van der Waals surface area contributed by atoms with Crippen LogP contribution >= 0.6 is 0 Å². The van der Waals surface area contributed by atoms with Gasteiger partial charge in [0.2, 0.25) is 5.91 Å². The van der Waals surface area contributed by atoms with E-state index in [2.05, 4.69) is 24.5 Å². The first kappa shape index (κ1) is 16.9.